The first kappa shape index (κ1) is 22.2. The number of hydrogen-bond acceptors (Lipinski definition) is 5. The van der Waals surface area contributed by atoms with Crippen LogP contribution in [0.5, 0.6) is 0 Å². The first-order chi connectivity index (χ1) is 14.2. The van der Waals surface area contributed by atoms with Gasteiger partial charge in [0.15, 0.2) is 0 Å². The van der Waals surface area contributed by atoms with Crippen LogP contribution in [0.15, 0.2) is 46.1 Å². The molecule has 1 amide bonds. The lowest BCUT2D eigenvalue weighted by Crippen LogP contribution is -2.47. The van der Waals surface area contributed by atoms with Crippen molar-refractivity contribution >= 4 is 21.6 Å². The zero-order chi connectivity index (χ0) is 21.9. The third-order valence-electron chi connectivity index (χ3n) is 5.33. The predicted octanol–water partition coefficient (Wildman–Crippen LogP) is 2.86. The number of carbonyl (C=O) groups is 1. The number of nitrogens with one attached hydrogen (secondary N) is 1. The smallest absolute Gasteiger partial charge is 0.276 e. The Morgan fingerprint density at radius 1 is 1.10 bits per heavy atom. The van der Waals surface area contributed by atoms with E-state index in [2.05, 4.69) is 10.4 Å². The molecule has 2 atom stereocenters. The molecular formula is C21H28N4O4S. The average Bonchev–Trinajstić information content (AvgIpc) is 2.70. The number of amides is 1. The van der Waals surface area contributed by atoms with Gasteiger partial charge in [-0.15, -0.1) is 0 Å². The molecule has 1 fully saturated rings. The summed E-state index contributed by atoms with van der Waals surface area (Å²) in [5.41, 5.74) is 0.313. The highest BCUT2D eigenvalue weighted by Gasteiger charge is 2.35. The van der Waals surface area contributed by atoms with Crippen molar-refractivity contribution in [3.63, 3.8) is 0 Å². The van der Waals surface area contributed by atoms with Crippen LogP contribution in [0.1, 0.15) is 56.9 Å². The van der Waals surface area contributed by atoms with Crippen LogP contribution in [0.25, 0.3) is 0 Å². The van der Waals surface area contributed by atoms with Gasteiger partial charge in [-0.05, 0) is 63.4 Å². The molecule has 0 saturated carbocycles. The molecule has 0 radical (unpaired) electrons. The van der Waals surface area contributed by atoms with Gasteiger partial charge in [0.1, 0.15) is 5.69 Å². The maximum atomic E-state index is 13.1. The minimum absolute atomic E-state index is 0.0389. The number of aromatic nitrogens is 2. The zero-order valence-electron chi connectivity index (χ0n) is 17.5. The Hall–Kier alpha value is -2.52. The van der Waals surface area contributed by atoms with E-state index in [1.807, 2.05) is 20.8 Å². The standard InChI is InChI=1S/C21H28N4O4S/c1-4-14-24-20(26)13-12-19(23-24)21(27)22-17-8-10-18(11-9-17)30(28,29)25-15(2)6-5-7-16(25)3/h8-13,15-16H,4-7,14H2,1-3H3,(H,22,27). The fourth-order valence-corrected chi connectivity index (χ4v) is 5.72. The molecule has 2 unspecified atom stereocenters. The second-order valence-electron chi connectivity index (χ2n) is 7.72. The van der Waals surface area contributed by atoms with Crippen LogP contribution < -0.4 is 10.9 Å². The number of carbonyl (C=O) groups excluding carboxylic acids is 1. The molecule has 162 valence electrons. The van der Waals surface area contributed by atoms with Crippen molar-refractivity contribution in [1.29, 1.82) is 0 Å². The highest BCUT2D eigenvalue weighted by atomic mass is 32.2. The second-order valence-corrected chi connectivity index (χ2v) is 9.57. The average molecular weight is 433 g/mol. The van der Waals surface area contributed by atoms with Crippen LogP contribution in [-0.2, 0) is 16.6 Å². The Balaban J connectivity index is 1.77. The summed E-state index contributed by atoms with van der Waals surface area (Å²) in [7, 11) is -3.60. The van der Waals surface area contributed by atoms with Gasteiger partial charge in [0.2, 0.25) is 10.0 Å². The van der Waals surface area contributed by atoms with Gasteiger partial charge in [0, 0.05) is 30.4 Å². The predicted molar refractivity (Wildman–Crippen MR) is 115 cm³/mol. The largest absolute Gasteiger partial charge is 0.321 e. The van der Waals surface area contributed by atoms with Crippen molar-refractivity contribution in [2.24, 2.45) is 0 Å². The monoisotopic (exact) mass is 432 g/mol. The second kappa shape index (κ2) is 9.09. The van der Waals surface area contributed by atoms with E-state index >= 15 is 0 Å². The number of piperidine rings is 1. The molecule has 1 saturated heterocycles. The molecule has 3 rings (SSSR count). The molecule has 0 bridgehead atoms. The number of anilines is 1. The van der Waals surface area contributed by atoms with E-state index < -0.39 is 15.9 Å². The van der Waals surface area contributed by atoms with Gasteiger partial charge < -0.3 is 5.32 Å². The van der Waals surface area contributed by atoms with Crippen molar-refractivity contribution in [3.05, 3.63) is 52.4 Å². The van der Waals surface area contributed by atoms with Crippen molar-refractivity contribution < 1.29 is 13.2 Å². The molecular weight excluding hydrogens is 404 g/mol. The Morgan fingerprint density at radius 2 is 1.73 bits per heavy atom. The van der Waals surface area contributed by atoms with Gasteiger partial charge in [0.25, 0.3) is 11.5 Å². The van der Waals surface area contributed by atoms with E-state index in [9.17, 15) is 18.0 Å². The van der Waals surface area contributed by atoms with Crippen LogP contribution in [0.2, 0.25) is 0 Å². The van der Waals surface area contributed by atoms with Crippen LogP contribution in [0, 0.1) is 0 Å². The minimum Gasteiger partial charge on any atom is -0.321 e. The molecule has 2 heterocycles. The number of aryl methyl sites for hydroxylation is 1. The summed E-state index contributed by atoms with van der Waals surface area (Å²) >= 11 is 0. The summed E-state index contributed by atoms with van der Waals surface area (Å²) in [6, 6.07) is 8.74. The highest BCUT2D eigenvalue weighted by molar-refractivity contribution is 7.89. The zero-order valence-corrected chi connectivity index (χ0v) is 18.4. The van der Waals surface area contributed by atoms with E-state index in [0.29, 0.717) is 12.2 Å². The third kappa shape index (κ3) is 4.62. The van der Waals surface area contributed by atoms with E-state index in [-0.39, 0.29) is 28.2 Å². The van der Waals surface area contributed by atoms with Gasteiger partial charge in [0.05, 0.1) is 4.90 Å². The fraction of sp³-hybridized carbons (Fsp3) is 0.476. The van der Waals surface area contributed by atoms with Crippen LogP contribution in [0.4, 0.5) is 5.69 Å². The highest BCUT2D eigenvalue weighted by Crippen LogP contribution is 2.29. The summed E-state index contributed by atoms with van der Waals surface area (Å²) < 4.78 is 29.0. The van der Waals surface area contributed by atoms with Crippen molar-refractivity contribution in [3.8, 4) is 0 Å². The quantitative estimate of drug-likeness (QED) is 0.756. The molecule has 1 N–H and O–H groups in total. The molecule has 0 spiro atoms. The number of rotatable bonds is 6. The molecule has 1 aliphatic rings. The Morgan fingerprint density at radius 3 is 2.33 bits per heavy atom. The first-order valence-corrected chi connectivity index (χ1v) is 11.7. The first-order valence-electron chi connectivity index (χ1n) is 10.3. The molecule has 8 nitrogen and oxygen atoms in total. The lowest BCUT2D eigenvalue weighted by molar-refractivity contribution is 0.101. The van der Waals surface area contributed by atoms with Gasteiger partial charge in [-0.2, -0.15) is 9.40 Å². The lowest BCUT2D eigenvalue weighted by Gasteiger charge is -2.37. The molecule has 1 aliphatic heterocycles. The Labute approximate surface area is 177 Å². The molecule has 0 aliphatic carbocycles. The summed E-state index contributed by atoms with van der Waals surface area (Å²) in [5.74, 6) is -0.464. The van der Waals surface area contributed by atoms with E-state index in [0.717, 1.165) is 25.7 Å². The van der Waals surface area contributed by atoms with Crippen molar-refractivity contribution in [1.82, 2.24) is 14.1 Å². The summed E-state index contributed by atoms with van der Waals surface area (Å²) in [6.07, 6.45) is 3.46. The molecule has 1 aromatic heterocycles. The van der Waals surface area contributed by atoms with Crippen LogP contribution in [-0.4, -0.2) is 40.5 Å². The number of benzene rings is 1. The van der Waals surface area contributed by atoms with Gasteiger partial charge in [-0.25, -0.2) is 13.1 Å². The number of sulfonamides is 1. The van der Waals surface area contributed by atoms with Gasteiger partial charge >= 0.3 is 0 Å². The maximum absolute atomic E-state index is 13.1. The van der Waals surface area contributed by atoms with Crippen molar-refractivity contribution in [2.45, 2.75) is 70.0 Å². The molecule has 1 aromatic carbocycles. The Kier molecular flexibility index (Phi) is 6.72. The van der Waals surface area contributed by atoms with E-state index in [1.165, 1.54) is 28.9 Å². The maximum Gasteiger partial charge on any atom is 0.276 e. The topological polar surface area (TPSA) is 101 Å². The SMILES string of the molecule is CCCn1nc(C(=O)Nc2ccc(S(=O)(=O)N3C(C)CCCC3C)cc2)ccc1=O. The van der Waals surface area contributed by atoms with Crippen LogP contribution >= 0.6 is 0 Å². The molecule has 30 heavy (non-hydrogen) atoms. The van der Waals surface area contributed by atoms with E-state index in [1.54, 1.807) is 16.4 Å². The van der Waals surface area contributed by atoms with E-state index in [4.69, 9.17) is 0 Å². The van der Waals surface area contributed by atoms with Crippen molar-refractivity contribution in [2.75, 3.05) is 5.32 Å². The number of nitrogens with zero attached hydrogens (tertiary/aromatic N) is 3. The summed E-state index contributed by atoms with van der Waals surface area (Å²) in [5, 5.41) is 6.78. The van der Waals surface area contributed by atoms with Gasteiger partial charge in [-0.3, -0.25) is 9.59 Å². The lowest BCUT2D eigenvalue weighted by atomic mass is 10.0. The minimum atomic E-state index is -3.60. The fourth-order valence-electron chi connectivity index (χ4n) is 3.84. The summed E-state index contributed by atoms with van der Waals surface area (Å²) in [6.45, 7) is 6.22. The molecule has 2 aromatic rings. The third-order valence-corrected chi connectivity index (χ3v) is 7.48. The van der Waals surface area contributed by atoms with Crippen LogP contribution in [0.3, 0.4) is 0 Å². The summed E-state index contributed by atoms with van der Waals surface area (Å²) in [4.78, 5) is 24.4. The number of hydrogen-bond donors (Lipinski definition) is 1. The normalized spacial score (nSPS) is 20.1. The van der Waals surface area contributed by atoms with Gasteiger partial charge in [-0.1, -0.05) is 13.3 Å². The molecule has 9 heteroatoms. The Bertz CT molecular complexity index is 1050.